The van der Waals surface area contributed by atoms with E-state index >= 15 is 0 Å². The minimum atomic E-state index is -0.280. The molecule has 1 aromatic heterocycles. The van der Waals surface area contributed by atoms with Gasteiger partial charge in [-0.15, -0.1) is 0 Å². The molecule has 0 spiro atoms. The van der Waals surface area contributed by atoms with Gasteiger partial charge in [0.1, 0.15) is 6.10 Å². The van der Waals surface area contributed by atoms with Crippen LogP contribution in [0.25, 0.3) is 0 Å². The topological polar surface area (TPSA) is 89.2 Å². The zero-order valence-electron chi connectivity index (χ0n) is 22.9. The van der Waals surface area contributed by atoms with E-state index in [0.717, 1.165) is 31.2 Å². The molecule has 0 aromatic carbocycles. The van der Waals surface area contributed by atoms with Crippen LogP contribution >= 0.6 is 0 Å². The average Bonchev–Trinajstić information content (AvgIpc) is 3.26. The highest BCUT2D eigenvalue weighted by atomic mass is 16.5. The van der Waals surface area contributed by atoms with E-state index in [-0.39, 0.29) is 42.4 Å². The zero-order chi connectivity index (χ0) is 26.5. The molecular weight excluding hydrogens is 482 g/mol. The fourth-order valence-corrected chi connectivity index (χ4v) is 9.17. The van der Waals surface area contributed by atoms with Crippen LogP contribution in [0.3, 0.4) is 0 Å². The normalized spacial score (nSPS) is 41.0. The number of aliphatic hydroxyl groups is 1. The Morgan fingerprint density at radius 1 is 1.18 bits per heavy atom. The first kappa shape index (κ1) is 26.3. The first-order valence-electron chi connectivity index (χ1n) is 14.7. The number of carbonyl (C=O) groups excluding carboxylic acids is 1. The van der Waals surface area contributed by atoms with E-state index in [1.54, 1.807) is 17.9 Å². The van der Waals surface area contributed by atoms with Crippen LogP contribution < -0.4 is 5.63 Å². The monoisotopic (exact) mass is 525 g/mol. The molecule has 208 valence electrons. The number of allylic oxidation sites excluding steroid dienone is 2. The second-order valence-electron chi connectivity index (χ2n) is 13.1. The largest absolute Gasteiger partial charge is 0.461 e. The predicted octanol–water partition coefficient (Wildman–Crippen LogP) is 4.29. The SMILES string of the molecule is C[C@]12CC[C@H](OC(=O)CN3CCOC(CO)C3)C[C@H]1CC[C@H]1C3=CC[C@H](c4ccc(=O)oc4)[C@@]3(C)CC[C@@H]12. The second kappa shape index (κ2) is 10.2. The van der Waals surface area contributed by atoms with Crippen molar-refractivity contribution in [3.8, 4) is 0 Å². The van der Waals surface area contributed by atoms with Gasteiger partial charge in [0, 0.05) is 19.2 Å². The minimum Gasteiger partial charge on any atom is -0.461 e. The maximum Gasteiger partial charge on any atom is 0.335 e. The Labute approximate surface area is 225 Å². The maximum absolute atomic E-state index is 12.8. The summed E-state index contributed by atoms with van der Waals surface area (Å²) in [5, 5.41) is 9.37. The van der Waals surface area contributed by atoms with E-state index in [0.29, 0.717) is 48.8 Å². The van der Waals surface area contributed by atoms with Crippen LogP contribution in [0.15, 0.2) is 39.3 Å². The van der Waals surface area contributed by atoms with Crippen molar-refractivity contribution in [2.75, 3.05) is 32.8 Å². The summed E-state index contributed by atoms with van der Waals surface area (Å²) in [5.41, 5.74) is 2.97. The van der Waals surface area contributed by atoms with E-state index < -0.39 is 0 Å². The summed E-state index contributed by atoms with van der Waals surface area (Å²) >= 11 is 0. The van der Waals surface area contributed by atoms with Gasteiger partial charge in [-0.2, -0.15) is 0 Å². The van der Waals surface area contributed by atoms with Crippen LogP contribution in [0.4, 0.5) is 0 Å². The highest BCUT2D eigenvalue weighted by molar-refractivity contribution is 5.71. The maximum atomic E-state index is 12.8. The molecule has 3 saturated carbocycles. The molecule has 4 aliphatic carbocycles. The van der Waals surface area contributed by atoms with Crippen molar-refractivity contribution in [2.24, 2.45) is 28.6 Å². The highest BCUT2D eigenvalue weighted by Gasteiger charge is 2.58. The third-order valence-electron chi connectivity index (χ3n) is 11.2. The molecule has 1 aromatic rings. The quantitative estimate of drug-likeness (QED) is 0.453. The molecule has 5 aliphatic rings. The number of nitrogens with zero attached hydrogens (tertiary/aromatic N) is 1. The van der Waals surface area contributed by atoms with Crippen LogP contribution in [0, 0.1) is 28.6 Å². The molecule has 0 bridgehead atoms. The lowest BCUT2D eigenvalue weighted by molar-refractivity contribution is -0.160. The molecular formula is C31H43NO6. The van der Waals surface area contributed by atoms with E-state index in [9.17, 15) is 14.7 Å². The van der Waals surface area contributed by atoms with Crippen molar-refractivity contribution in [1.29, 1.82) is 0 Å². The molecule has 0 radical (unpaired) electrons. The smallest absolute Gasteiger partial charge is 0.335 e. The van der Waals surface area contributed by atoms with Crippen molar-refractivity contribution in [2.45, 2.75) is 83.3 Å². The number of carbonyl (C=O) groups is 1. The number of morpholine rings is 1. The van der Waals surface area contributed by atoms with Gasteiger partial charge in [0.2, 0.25) is 0 Å². The summed E-state index contributed by atoms with van der Waals surface area (Å²) in [7, 11) is 0. The Morgan fingerprint density at radius 3 is 2.84 bits per heavy atom. The summed E-state index contributed by atoms with van der Waals surface area (Å²) in [4.78, 5) is 26.3. The standard InChI is InChI=1S/C31H43NO6/c1-30-11-9-22(38-29(35)17-32-13-14-36-23(16-32)18-33)15-21(30)4-5-24-26-7-6-25(20-3-8-28(34)37-19-20)31(26,2)12-10-27(24)30/h3,7-8,19,21-25,27,33H,4-6,9-18H2,1-2H3/t21-,22+,23?,24+,25-,27+,30+,31-/m1/s1. The zero-order valence-corrected chi connectivity index (χ0v) is 22.9. The average molecular weight is 526 g/mol. The van der Waals surface area contributed by atoms with Crippen LogP contribution in [0.5, 0.6) is 0 Å². The number of rotatable bonds is 5. The number of hydrogen-bond donors (Lipinski definition) is 1. The van der Waals surface area contributed by atoms with Crippen molar-refractivity contribution >= 4 is 5.97 Å². The lowest BCUT2D eigenvalue weighted by Gasteiger charge is -2.59. The molecule has 0 amide bonds. The third-order valence-corrected chi connectivity index (χ3v) is 11.2. The number of aliphatic hydroxyl groups excluding tert-OH is 1. The van der Waals surface area contributed by atoms with Crippen molar-refractivity contribution < 1.29 is 23.8 Å². The summed E-state index contributed by atoms with van der Waals surface area (Å²) in [5.74, 6) is 2.17. The van der Waals surface area contributed by atoms with E-state index in [1.807, 2.05) is 11.0 Å². The fraction of sp³-hybridized carbons (Fsp3) is 0.742. The Bertz CT molecular complexity index is 1110. The lowest BCUT2D eigenvalue weighted by Crippen LogP contribution is -2.52. The number of ether oxygens (including phenoxy) is 2. The van der Waals surface area contributed by atoms with Gasteiger partial charge in [0.25, 0.3) is 0 Å². The molecule has 7 heteroatoms. The fourth-order valence-electron chi connectivity index (χ4n) is 9.17. The molecule has 38 heavy (non-hydrogen) atoms. The van der Waals surface area contributed by atoms with Gasteiger partial charge in [-0.05, 0) is 97.5 Å². The molecule has 1 saturated heterocycles. The lowest BCUT2D eigenvalue weighted by atomic mass is 9.46. The Kier molecular flexibility index (Phi) is 7.06. The van der Waals surface area contributed by atoms with E-state index in [4.69, 9.17) is 13.9 Å². The van der Waals surface area contributed by atoms with Gasteiger partial charge in [-0.3, -0.25) is 9.69 Å². The molecule has 4 fully saturated rings. The Morgan fingerprint density at radius 2 is 2.05 bits per heavy atom. The first-order chi connectivity index (χ1) is 18.3. The van der Waals surface area contributed by atoms with Gasteiger partial charge < -0.3 is 19.0 Å². The predicted molar refractivity (Wildman–Crippen MR) is 143 cm³/mol. The van der Waals surface area contributed by atoms with Crippen LogP contribution in [-0.4, -0.2) is 61.0 Å². The van der Waals surface area contributed by atoms with Gasteiger partial charge in [-0.25, -0.2) is 4.79 Å². The van der Waals surface area contributed by atoms with Gasteiger partial charge in [0.05, 0.1) is 32.1 Å². The van der Waals surface area contributed by atoms with Crippen molar-refractivity contribution in [1.82, 2.24) is 4.90 Å². The summed E-state index contributed by atoms with van der Waals surface area (Å²) in [6, 6.07) is 3.53. The molecule has 1 aliphatic heterocycles. The Balaban J connectivity index is 1.09. The van der Waals surface area contributed by atoms with E-state index in [1.165, 1.54) is 25.7 Å². The molecule has 2 heterocycles. The van der Waals surface area contributed by atoms with E-state index in [2.05, 4.69) is 19.9 Å². The highest BCUT2D eigenvalue weighted by Crippen LogP contribution is 2.67. The van der Waals surface area contributed by atoms with Crippen LogP contribution in [0.2, 0.25) is 0 Å². The minimum absolute atomic E-state index is 0.0162. The summed E-state index contributed by atoms with van der Waals surface area (Å²) in [6.07, 6.45) is 12.9. The number of hydrogen-bond acceptors (Lipinski definition) is 7. The van der Waals surface area contributed by atoms with Crippen LogP contribution in [-0.2, 0) is 14.3 Å². The van der Waals surface area contributed by atoms with Crippen molar-refractivity contribution in [3.05, 3.63) is 46.0 Å². The third kappa shape index (κ3) is 4.58. The summed E-state index contributed by atoms with van der Waals surface area (Å²) < 4.78 is 16.8. The van der Waals surface area contributed by atoms with Gasteiger partial charge >= 0.3 is 11.6 Å². The van der Waals surface area contributed by atoms with Gasteiger partial charge in [0.15, 0.2) is 0 Å². The molecule has 7 nitrogen and oxygen atoms in total. The number of esters is 1. The van der Waals surface area contributed by atoms with Crippen LogP contribution in [0.1, 0.15) is 76.7 Å². The first-order valence-corrected chi connectivity index (χ1v) is 14.7. The molecule has 1 unspecified atom stereocenters. The second-order valence-corrected chi connectivity index (χ2v) is 13.1. The summed E-state index contributed by atoms with van der Waals surface area (Å²) in [6.45, 7) is 7.06. The Hall–Kier alpha value is -1.96. The molecule has 6 rings (SSSR count). The molecule has 1 N–H and O–H groups in total. The number of fused-ring (bicyclic) bond motifs is 5. The van der Waals surface area contributed by atoms with Gasteiger partial charge in [-0.1, -0.05) is 25.5 Å². The molecule has 8 atom stereocenters. The van der Waals surface area contributed by atoms with Crippen molar-refractivity contribution in [3.63, 3.8) is 0 Å².